The van der Waals surface area contributed by atoms with Crippen LogP contribution in [0.1, 0.15) is 17.2 Å². The molecule has 2 aromatic rings. The Bertz CT molecular complexity index is 1020. The van der Waals surface area contributed by atoms with Crippen LogP contribution >= 0.6 is 0 Å². The van der Waals surface area contributed by atoms with Gasteiger partial charge in [0.2, 0.25) is 0 Å². The highest BCUT2D eigenvalue weighted by Gasteiger charge is 2.47. The Morgan fingerprint density at radius 1 is 1.20 bits per heavy atom. The molecule has 1 saturated heterocycles. The number of benzene rings is 2. The SMILES string of the molecule is COc1ccc(/C(O)=C2/C(=O)C(=O)N(CCN(C)C)C2c2ccccc2F)c(O)c1. The van der Waals surface area contributed by atoms with Gasteiger partial charge in [-0.3, -0.25) is 9.59 Å². The van der Waals surface area contributed by atoms with Gasteiger partial charge in [0, 0.05) is 24.7 Å². The highest BCUT2D eigenvalue weighted by molar-refractivity contribution is 6.46. The Labute approximate surface area is 173 Å². The van der Waals surface area contributed by atoms with Crippen LogP contribution in [0.25, 0.3) is 5.76 Å². The third kappa shape index (κ3) is 3.86. The van der Waals surface area contributed by atoms with Crippen molar-refractivity contribution in [2.45, 2.75) is 6.04 Å². The van der Waals surface area contributed by atoms with Gasteiger partial charge < -0.3 is 24.7 Å². The summed E-state index contributed by atoms with van der Waals surface area (Å²) in [7, 11) is 5.04. The lowest BCUT2D eigenvalue weighted by molar-refractivity contribution is -0.140. The molecule has 2 aromatic carbocycles. The molecule has 30 heavy (non-hydrogen) atoms. The van der Waals surface area contributed by atoms with Crippen molar-refractivity contribution < 1.29 is 28.9 Å². The Kier molecular flexibility index (Phi) is 6.07. The minimum absolute atomic E-state index is 0.0530. The summed E-state index contributed by atoms with van der Waals surface area (Å²) in [5.74, 6) is -2.94. The summed E-state index contributed by atoms with van der Waals surface area (Å²) in [4.78, 5) is 28.7. The number of likely N-dealkylation sites (N-methyl/N-ethyl adjacent to an activating group) is 1. The topological polar surface area (TPSA) is 90.3 Å². The van der Waals surface area contributed by atoms with E-state index in [4.69, 9.17) is 4.74 Å². The molecule has 2 N–H and O–H groups in total. The van der Waals surface area contributed by atoms with Gasteiger partial charge in [-0.15, -0.1) is 0 Å². The molecule has 158 valence electrons. The molecule has 0 saturated carbocycles. The second-order valence-corrected chi connectivity index (χ2v) is 7.20. The van der Waals surface area contributed by atoms with Crippen LogP contribution in [0.2, 0.25) is 0 Å². The molecule has 1 heterocycles. The number of carbonyl (C=O) groups excluding carboxylic acids is 2. The van der Waals surface area contributed by atoms with Crippen molar-refractivity contribution in [1.82, 2.24) is 9.80 Å². The number of hydrogen-bond acceptors (Lipinski definition) is 6. The number of aliphatic hydroxyl groups excluding tert-OH is 1. The summed E-state index contributed by atoms with van der Waals surface area (Å²) in [5, 5.41) is 21.2. The average Bonchev–Trinajstić information content (AvgIpc) is 2.96. The van der Waals surface area contributed by atoms with Crippen LogP contribution in [0.15, 0.2) is 48.0 Å². The second-order valence-electron chi connectivity index (χ2n) is 7.20. The quantitative estimate of drug-likeness (QED) is 0.429. The zero-order valence-electron chi connectivity index (χ0n) is 16.9. The van der Waals surface area contributed by atoms with Gasteiger partial charge in [-0.1, -0.05) is 18.2 Å². The molecule has 1 fully saturated rings. The van der Waals surface area contributed by atoms with Crippen LogP contribution < -0.4 is 4.74 Å². The van der Waals surface area contributed by atoms with Crippen molar-refractivity contribution in [3.8, 4) is 11.5 Å². The van der Waals surface area contributed by atoms with E-state index in [1.54, 1.807) is 6.07 Å². The first kappa shape index (κ1) is 21.3. The molecule has 1 atom stereocenters. The number of halogens is 1. The largest absolute Gasteiger partial charge is 0.507 e. The zero-order chi connectivity index (χ0) is 22.0. The average molecular weight is 414 g/mol. The first-order valence-corrected chi connectivity index (χ1v) is 9.31. The first-order chi connectivity index (χ1) is 14.3. The maximum absolute atomic E-state index is 14.7. The van der Waals surface area contributed by atoms with Gasteiger partial charge in [-0.2, -0.15) is 0 Å². The van der Waals surface area contributed by atoms with Crippen molar-refractivity contribution in [3.05, 3.63) is 65.0 Å². The Balaban J connectivity index is 2.19. The third-order valence-electron chi connectivity index (χ3n) is 4.99. The number of phenolic OH excluding ortho intramolecular Hbond substituents is 1. The van der Waals surface area contributed by atoms with E-state index in [9.17, 15) is 24.2 Å². The first-order valence-electron chi connectivity index (χ1n) is 9.31. The van der Waals surface area contributed by atoms with Crippen molar-refractivity contribution >= 4 is 17.4 Å². The number of hydrogen-bond donors (Lipinski definition) is 2. The molecular formula is C22H23FN2O5. The van der Waals surface area contributed by atoms with Crippen LogP contribution in [0.5, 0.6) is 11.5 Å². The van der Waals surface area contributed by atoms with Crippen LogP contribution in [0.3, 0.4) is 0 Å². The van der Waals surface area contributed by atoms with Gasteiger partial charge in [0.1, 0.15) is 23.1 Å². The highest BCUT2D eigenvalue weighted by Crippen LogP contribution is 2.41. The highest BCUT2D eigenvalue weighted by atomic mass is 19.1. The minimum Gasteiger partial charge on any atom is -0.507 e. The number of ketones is 1. The van der Waals surface area contributed by atoms with Crippen LogP contribution in [-0.4, -0.2) is 66.0 Å². The number of methoxy groups -OCH3 is 1. The third-order valence-corrected chi connectivity index (χ3v) is 4.99. The molecule has 0 aliphatic carbocycles. The van der Waals surface area contributed by atoms with E-state index in [0.717, 1.165) is 0 Å². The Morgan fingerprint density at radius 3 is 2.50 bits per heavy atom. The van der Waals surface area contributed by atoms with Crippen LogP contribution in [0, 0.1) is 5.82 Å². The second kappa shape index (κ2) is 8.54. The molecular weight excluding hydrogens is 391 g/mol. The number of Topliss-reactive ketones (excluding diaryl/α,β-unsaturated/α-hetero) is 1. The van der Waals surface area contributed by atoms with E-state index in [1.165, 1.54) is 48.4 Å². The van der Waals surface area contributed by atoms with Gasteiger partial charge in [-0.25, -0.2) is 4.39 Å². The Hall–Kier alpha value is -3.39. The number of amides is 1. The van der Waals surface area contributed by atoms with E-state index in [0.29, 0.717) is 12.3 Å². The predicted octanol–water partition coefficient (Wildman–Crippen LogP) is 2.52. The van der Waals surface area contributed by atoms with E-state index in [2.05, 4.69) is 0 Å². The fourth-order valence-electron chi connectivity index (χ4n) is 3.42. The Morgan fingerprint density at radius 2 is 1.90 bits per heavy atom. The molecule has 0 spiro atoms. The number of carbonyl (C=O) groups is 2. The van der Waals surface area contributed by atoms with Gasteiger partial charge in [0.05, 0.1) is 24.3 Å². The monoisotopic (exact) mass is 414 g/mol. The molecule has 3 rings (SSSR count). The molecule has 1 amide bonds. The number of ether oxygens (including phenoxy) is 1. The van der Waals surface area contributed by atoms with Gasteiger partial charge in [0.25, 0.3) is 11.7 Å². The molecule has 0 bridgehead atoms. The van der Waals surface area contributed by atoms with Crippen LogP contribution in [-0.2, 0) is 9.59 Å². The lowest BCUT2D eigenvalue weighted by atomic mass is 9.94. The van der Waals surface area contributed by atoms with Crippen LogP contribution in [0.4, 0.5) is 4.39 Å². The smallest absolute Gasteiger partial charge is 0.295 e. The van der Waals surface area contributed by atoms with Crippen molar-refractivity contribution in [3.63, 3.8) is 0 Å². The maximum atomic E-state index is 14.7. The van der Waals surface area contributed by atoms with Gasteiger partial charge in [-0.05, 0) is 32.3 Å². The lowest BCUT2D eigenvalue weighted by Crippen LogP contribution is -2.35. The van der Waals surface area contributed by atoms with Crippen molar-refractivity contribution in [2.24, 2.45) is 0 Å². The molecule has 7 nitrogen and oxygen atoms in total. The maximum Gasteiger partial charge on any atom is 0.295 e. The fourth-order valence-corrected chi connectivity index (χ4v) is 3.42. The summed E-state index contributed by atoms with van der Waals surface area (Å²) in [6.07, 6.45) is 0. The van der Waals surface area contributed by atoms with E-state index >= 15 is 0 Å². The lowest BCUT2D eigenvalue weighted by Gasteiger charge is -2.26. The van der Waals surface area contributed by atoms with Crippen molar-refractivity contribution in [2.75, 3.05) is 34.3 Å². The van der Waals surface area contributed by atoms with E-state index in [-0.39, 0.29) is 29.0 Å². The van der Waals surface area contributed by atoms with E-state index < -0.39 is 29.3 Å². The van der Waals surface area contributed by atoms with Gasteiger partial charge in [0.15, 0.2) is 0 Å². The number of aliphatic hydroxyl groups is 1. The summed E-state index contributed by atoms with van der Waals surface area (Å²) in [5.41, 5.74) is -0.239. The molecule has 1 aliphatic heterocycles. The summed E-state index contributed by atoms with van der Waals surface area (Å²) >= 11 is 0. The molecule has 0 radical (unpaired) electrons. The van der Waals surface area contributed by atoms with E-state index in [1.807, 2.05) is 19.0 Å². The summed E-state index contributed by atoms with van der Waals surface area (Å²) in [6, 6.07) is 8.81. The number of nitrogens with zero attached hydrogens (tertiary/aromatic N) is 2. The number of aromatic hydroxyl groups is 1. The van der Waals surface area contributed by atoms with Gasteiger partial charge >= 0.3 is 0 Å². The molecule has 0 aromatic heterocycles. The minimum atomic E-state index is -1.12. The number of phenols is 1. The summed E-state index contributed by atoms with van der Waals surface area (Å²) in [6.45, 7) is 0.591. The normalized spacial score (nSPS) is 18.3. The number of likely N-dealkylation sites (tertiary alicyclic amines) is 1. The number of rotatable bonds is 6. The molecule has 1 unspecified atom stereocenters. The fraction of sp³-hybridized carbons (Fsp3) is 0.273. The molecule has 1 aliphatic rings. The predicted molar refractivity (Wildman–Crippen MR) is 109 cm³/mol. The molecule has 8 heteroatoms. The zero-order valence-corrected chi connectivity index (χ0v) is 16.9. The van der Waals surface area contributed by atoms with Crippen molar-refractivity contribution in [1.29, 1.82) is 0 Å². The standard InChI is InChI=1S/C22H23FN2O5/c1-24(2)10-11-25-19(14-6-4-5-7-16(14)23)18(21(28)22(25)29)20(27)15-9-8-13(30-3)12-17(15)26/h4-9,12,19,26-27H,10-11H2,1-3H3/b20-18-. The summed E-state index contributed by atoms with van der Waals surface area (Å²) < 4.78 is 19.7.